The summed E-state index contributed by atoms with van der Waals surface area (Å²) >= 11 is 0. The number of nitrogens with two attached hydrogens (primary N) is 2. The van der Waals surface area contributed by atoms with Crippen molar-refractivity contribution in [3.63, 3.8) is 0 Å². The zero-order valence-electron chi connectivity index (χ0n) is 23.9. The lowest BCUT2D eigenvalue weighted by molar-refractivity contribution is -0.123. The van der Waals surface area contributed by atoms with Gasteiger partial charge in [-0.1, -0.05) is 31.2 Å². The molecule has 0 aromatic heterocycles. The predicted molar refractivity (Wildman–Crippen MR) is 151 cm³/mol. The maximum atomic E-state index is 12.4. The molecular weight excluding hydrogens is 470 g/mol. The highest BCUT2D eigenvalue weighted by Gasteiger charge is 2.23. The van der Waals surface area contributed by atoms with Gasteiger partial charge in [0.1, 0.15) is 5.84 Å². The third kappa shape index (κ3) is 15.4. The number of nitrogens with zero attached hydrogens (tertiary/aromatic N) is 2. The van der Waals surface area contributed by atoms with E-state index in [9.17, 15) is 4.79 Å². The zero-order chi connectivity index (χ0) is 27.9. The summed E-state index contributed by atoms with van der Waals surface area (Å²) in [6, 6.07) is 7.47. The molecule has 0 heterocycles. The van der Waals surface area contributed by atoms with E-state index >= 15 is 0 Å². The number of carbonyl (C=O) groups is 1. The third-order valence-corrected chi connectivity index (χ3v) is 5.96. The number of amides is 1. The number of nitrogens with one attached hydrogen (secondary N) is 1. The molecule has 0 fully saturated rings. The van der Waals surface area contributed by atoms with Gasteiger partial charge < -0.3 is 31.0 Å². The van der Waals surface area contributed by atoms with Crippen LogP contribution >= 0.6 is 0 Å². The van der Waals surface area contributed by atoms with Crippen LogP contribution in [0.1, 0.15) is 91.7 Å². The molecule has 37 heavy (non-hydrogen) atoms. The van der Waals surface area contributed by atoms with Crippen molar-refractivity contribution in [2.45, 2.75) is 104 Å². The summed E-state index contributed by atoms with van der Waals surface area (Å²) in [6.45, 7) is 16.4. The fourth-order valence-corrected chi connectivity index (χ4v) is 3.21. The van der Waals surface area contributed by atoms with Crippen molar-refractivity contribution in [2.75, 3.05) is 19.8 Å². The van der Waals surface area contributed by atoms with Gasteiger partial charge >= 0.3 is 0 Å². The van der Waals surface area contributed by atoms with E-state index in [1.54, 1.807) is 6.92 Å². The molecule has 0 spiro atoms. The van der Waals surface area contributed by atoms with E-state index in [2.05, 4.69) is 43.2 Å². The highest BCUT2D eigenvalue weighted by Crippen LogP contribution is 2.21. The van der Waals surface area contributed by atoms with Gasteiger partial charge in [0.25, 0.3) is 0 Å². The number of benzene rings is 1. The summed E-state index contributed by atoms with van der Waals surface area (Å²) in [6.07, 6.45) is 3.98. The minimum Gasteiger partial charge on any atom is -0.386 e. The van der Waals surface area contributed by atoms with E-state index in [1.165, 1.54) is 0 Å². The Morgan fingerprint density at radius 1 is 0.973 bits per heavy atom. The van der Waals surface area contributed by atoms with Crippen molar-refractivity contribution in [3.8, 4) is 0 Å². The van der Waals surface area contributed by atoms with Crippen molar-refractivity contribution < 1.29 is 19.0 Å². The Hall–Kier alpha value is -2.49. The van der Waals surface area contributed by atoms with Crippen LogP contribution in [0, 0.1) is 0 Å². The van der Waals surface area contributed by atoms with Crippen LogP contribution in [0.25, 0.3) is 0 Å². The first-order valence-corrected chi connectivity index (χ1v) is 13.2. The molecule has 9 nitrogen and oxygen atoms in total. The molecule has 0 aliphatic carbocycles. The molecule has 0 saturated carbocycles. The van der Waals surface area contributed by atoms with E-state index in [1.807, 2.05) is 38.1 Å². The average molecular weight is 520 g/mol. The minimum atomic E-state index is -0.402. The Balaban J connectivity index is 2.31. The Morgan fingerprint density at radius 3 is 2.22 bits per heavy atom. The first-order valence-electron chi connectivity index (χ1n) is 13.2. The third-order valence-electron chi connectivity index (χ3n) is 5.96. The van der Waals surface area contributed by atoms with Crippen LogP contribution in [-0.2, 0) is 25.5 Å². The maximum Gasteiger partial charge on any atom is 0.220 e. The maximum absolute atomic E-state index is 12.4. The van der Waals surface area contributed by atoms with Crippen LogP contribution < -0.4 is 16.8 Å². The number of ether oxygens (including phenoxy) is 3. The van der Waals surface area contributed by atoms with Crippen molar-refractivity contribution in [1.82, 2.24) is 5.32 Å². The number of rotatable bonds is 18. The minimum absolute atomic E-state index is 0.0159. The monoisotopic (exact) mass is 519 g/mol. The lowest BCUT2D eigenvalue weighted by Crippen LogP contribution is -2.32. The summed E-state index contributed by atoms with van der Waals surface area (Å²) in [4.78, 5) is 12.4. The van der Waals surface area contributed by atoms with E-state index in [-0.39, 0.29) is 17.3 Å². The van der Waals surface area contributed by atoms with Gasteiger partial charge in [-0.05, 0) is 72.8 Å². The van der Waals surface area contributed by atoms with Gasteiger partial charge in [-0.3, -0.25) is 4.79 Å². The molecule has 1 unspecified atom stereocenters. The zero-order valence-corrected chi connectivity index (χ0v) is 23.9. The van der Waals surface area contributed by atoms with Gasteiger partial charge in [0.15, 0.2) is 5.84 Å². The quantitative estimate of drug-likeness (QED) is 0.115. The molecule has 5 N–H and O–H groups in total. The molecule has 1 aromatic rings. The van der Waals surface area contributed by atoms with Crippen LogP contribution in [0.4, 0.5) is 0 Å². The Kier molecular flexibility index (Phi) is 14.4. The van der Waals surface area contributed by atoms with Gasteiger partial charge in [0.2, 0.25) is 5.91 Å². The van der Waals surface area contributed by atoms with Gasteiger partial charge in [0.05, 0.1) is 23.9 Å². The van der Waals surface area contributed by atoms with E-state index in [0.29, 0.717) is 44.5 Å². The van der Waals surface area contributed by atoms with E-state index < -0.39 is 5.60 Å². The predicted octanol–water partition coefficient (Wildman–Crippen LogP) is 4.27. The standard InChI is InChI=1S/C28H49N5O4/c1-8-21(2)35-17-9-18-36-28(6,7)16-19-37-27(4,5)15-14-25(34)31-20-23-10-12-24(13-11-23)26(30)33-32-22(3)29/h10-13,21H,8-9,14-20H2,1-7H3,(H2,29,32)(H2,30,33)(H,31,34). The largest absolute Gasteiger partial charge is 0.386 e. The lowest BCUT2D eigenvalue weighted by atomic mass is 10.0. The molecule has 1 amide bonds. The molecule has 0 saturated heterocycles. The molecule has 1 aromatic carbocycles. The van der Waals surface area contributed by atoms with Crippen LogP contribution in [0.2, 0.25) is 0 Å². The lowest BCUT2D eigenvalue weighted by Gasteiger charge is -2.30. The van der Waals surface area contributed by atoms with E-state index in [4.69, 9.17) is 25.7 Å². The summed E-state index contributed by atoms with van der Waals surface area (Å²) in [7, 11) is 0. The normalized spacial score (nSPS) is 14.0. The molecule has 210 valence electrons. The SMILES string of the molecule is CCC(C)OCCCOC(C)(C)CCOC(C)(C)CCC(=O)NCc1ccc(/C(N)=N/N=C(/C)N)cc1. The fourth-order valence-electron chi connectivity index (χ4n) is 3.21. The van der Waals surface area contributed by atoms with Gasteiger partial charge in [-0.25, -0.2) is 0 Å². The molecule has 9 heteroatoms. The van der Waals surface area contributed by atoms with Crippen molar-refractivity contribution in [1.29, 1.82) is 0 Å². The highest BCUT2D eigenvalue weighted by molar-refractivity contribution is 5.97. The van der Waals surface area contributed by atoms with Crippen molar-refractivity contribution in [3.05, 3.63) is 35.4 Å². The first-order chi connectivity index (χ1) is 17.3. The number of amidine groups is 2. The Morgan fingerprint density at radius 2 is 1.59 bits per heavy atom. The molecular formula is C28H49N5O4. The van der Waals surface area contributed by atoms with Gasteiger partial charge in [-0.2, -0.15) is 0 Å². The van der Waals surface area contributed by atoms with E-state index in [0.717, 1.165) is 37.0 Å². The molecule has 0 aliphatic rings. The number of hydrogen-bond acceptors (Lipinski definition) is 6. The van der Waals surface area contributed by atoms with Crippen molar-refractivity contribution in [2.24, 2.45) is 21.7 Å². The molecule has 1 atom stereocenters. The van der Waals surface area contributed by atoms with Crippen LogP contribution in [0.3, 0.4) is 0 Å². The molecule has 0 aliphatic heterocycles. The first kappa shape index (κ1) is 32.5. The second kappa shape index (κ2) is 16.4. The summed E-state index contributed by atoms with van der Waals surface area (Å²) < 4.78 is 17.8. The highest BCUT2D eigenvalue weighted by atomic mass is 16.5. The van der Waals surface area contributed by atoms with Gasteiger partial charge in [0, 0.05) is 31.7 Å². The Labute approximate surface area is 223 Å². The van der Waals surface area contributed by atoms with Gasteiger partial charge in [-0.15, -0.1) is 10.2 Å². The summed E-state index contributed by atoms with van der Waals surface area (Å²) in [5.74, 6) is 0.602. The number of hydrogen-bond donors (Lipinski definition) is 3. The molecule has 0 radical (unpaired) electrons. The average Bonchev–Trinajstić information content (AvgIpc) is 2.84. The fraction of sp³-hybridized carbons (Fsp3) is 0.679. The molecule has 0 bridgehead atoms. The smallest absolute Gasteiger partial charge is 0.220 e. The second-order valence-electron chi connectivity index (χ2n) is 10.6. The second-order valence-corrected chi connectivity index (χ2v) is 10.6. The molecule has 1 rings (SSSR count). The van der Waals surface area contributed by atoms with Crippen LogP contribution in [0.5, 0.6) is 0 Å². The van der Waals surface area contributed by atoms with Crippen LogP contribution in [0.15, 0.2) is 34.5 Å². The summed E-state index contributed by atoms with van der Waals surface area (Å²) in [5.41, 5.74) is 12.4. The van der Waals surface area contributed by atoms with Crippen LogP contribution in [-0.4, -0.2) is 54.7 Å². The van der Waals surface area contributed by atoms with Crippen molar-refractivity contribution >= 4 is 17.6 Å². The summed E-state index contributed by atoms with van der Waals surface area (Å²) in [5, 5.41) is 10.6. The Bertz CT molecular complexity index is 862. The number of carbonyl (C=O) groups excluding carboxylic acids is 1. The topological polar surface area (TPSA) is 134 Å².